The summed E-state index contributed by atoms with van der Waals surface area (Å²) >= 11 is 0. The Morgan fingerprint density at radius 2 is 2.20 bits per heavy atom. The molecular weight excluding hydrogens is 238 g/mol. The molecule has 2 saturated heterocycles. The van der Waals surface area contributed by atoms with Crippen molar-refractivity contribution < 1.29 is 13.2 Å². The summed E-state index contributed by atoms with van der Waals surface area (Å²) in [5, 5.41) is 3.25. The van der Waals surface area contributed by atoms with Crippen LogP contribution >= 0.6 is 12.4 Å². The molecule has 2 aliphatic rings. The molecule has 1 N–H and O–H groups in total. The minimum Gasteiger partial charge on any atom is -0.359 e. The van der Waals surface area contributed by atoms with E-state index >= 15 is 0 Å². The molecule has 90 valence electrons. The summed E-state index contributed by atoms with van der Waals surface area (Å²) in [4.78, 5) is 0. The van der Waals surface area contributed by atoms with E-state index in [4.69, 9.17) is 4.74 Å². The van der Waals surface area contributed by atoms with E-state index in [-0.39, 0.29) is 24.1 Å². The fraction of sp³-hybridized carbons (Fsp3) is 1.00. The number of sulfone groups is 1. The molecule has 0 aromatic carbocycles. The second kappa shape index (κ2) is 4.57. The van der Waals surface area contributed by atoms with Crippen molar-refractivity contribution in [3.63, 3.8) is 0 Å². The Morgan fingerprint density at radius 3 is 2.73 bits per heavy atom. The smallest absolute Gasteiger partial charge is 0.150 e. The zero-order valence-electron chi connectivity index (χ0n) is 8.86. The van der Waals surface area contributed by atoms with Gasteiger partial charge in [0.25, 0.3) is 0 Å². The van der Waals surface area contributed by atoms with E-state index in [1.54, 1.807) is 0 Å². The van der Waals surface area contributed by atoms with E-state index in [1.165, 1.54) is 0 Å². The molecule has 0 bridgehead atoms. The van der Waals surface area contributed by atoms with Gasteiger partial charge in [-0.3, -0.25) is 5.32 Å². The molecule has 2 unspecified atom stereocenters. The predicted molar refractivity (Wildman–Crippen MR) is 61.0 cm³/mol. The van der Waals surface area contributed by atoms with Gasteiger partial charge in [-0.2, -0.15) is 0 Å². The lowest BCUT2D eigenvalue weighted by Gasteiger charge is -2.35. The van der Waals surface area contributed by atoms with Gasteiger partial charge in [0.1, 0.15) is 5.72 Å². The fourth-order valence-electron chi connectivity index (χ4n) is 2.33. The molecule has 4 nitrogen and oxygen atoms in total. The summed E-state index contributed by atoms with van der Waals surface area (Å²) in [6.45, 7) is 3.48. The summed E-state index contributed by atoms with van der Waals surface area (Å²) in [5.41, 5.74) is -0.409. The number of hydrogen-bond acceptors (Lipinski definition) is 4. The summed E-state index contributed by atoms with van der Waals surface area (Å²) < 4.78 is 28.6. The Bertz CT molecular complexity index is 311. The highest BCUT2D eigenvalue weighted by Crippen LogP contribution is 2.31. The average Bonchev–Trinajstić information content (AvgIpc) is 2.52. The lowest BCUT2D eigenvalue weighted by atomic mass is 9.94. The second-order valence-corrected chi connectivity index (χ2v) is 6.56. The monoisotopic (exact) mass is 255 g/mol. The number of ether oxygens (including phenoxy) is 1. The molecule has 0 aromatic rings. The molecule has 2 heterocycles. The molecule has 2 atom stereocenters. The van der Waals surface area contributed by atoms with Gasteiger partial charge >= 0.3 is 0 Å². The third kappa shape index (κ3) is 2.84. The van der Waals surface area contributed by atoms with E-state index in [0.717, 1.165) is 19.4 Å². The highest BCUT2D eigenvalue weighted by atomic mass is 35.5. The van der Waals surface area contributed by atoms with Crippen LogP contribution in [0.3, 0.4) is 0 Å². The van der Waals surface area contributed by atoms with Crippen molar-refractivity contribution in [2.45, 2.75) is 25.5 Å². The fourth-order valence-corrected chi connectivity index (χ4v) is 4.20. The Labute approximate surface area is 97.1 Å². The van der Waals surface area contributed by atoms with Gasteiger partial charge in [0.15, 0.2) is 9.84 Å². The molecule has 15 heavy (non-hydrogen) atoms. The van der Waals surface area contributed by atoms with Crippen molar-refractivity contribution in [3.05, 3.63) is 0 Å². The SMILES string of the molecule is CC1(C2CCCS(=O)(=O)C2)NCCO1.Cl. The van der Waals surface area contributed by atoms with Gasteiger partial charge in [0.2, 0.25) is 0 Å². The first-order valence-corrected chi connectivity index (χ1v) is 6.93. The third-order valence-electron chi connectivity index (χ3n) is 3.22. The predicted octanol–water partition coefficient (Wildman–Crippen LogP) is 0.569. The molecular formula is C9H18ClNO3S. The van der Waals surface area contributed by atoms with Crippen molar-refractivity contribution in [1.82, 2.24) is 5.32 Å². The molecule has 0 radical (unpaired) electrons. The Morgan fingerprint density at radius 1 is 1.47 bits per heavy atom. The van der Waals surface area contributed by atoms with Gasteiger partial charge in [-0.25, -0.2) is 8.42 Å². The maximum Gasteiger partial charge on any atom is 0.150 e. The molecule has 0 spiro atoms. The van der Waals surface area contributed by atoms with Crippen molar-refractivity contribution in [1.29, 1.82) is 0 Å². The van der Waals surface area contributed by atoms with Crippen LogP contribution in [0.2, 0.25) is 0 Å². The summed E-state index contributed by atoms with van der Waals surface area (Å²) in [6.07, 6.45) is 1.72. The number of hydrogen-bond donors (Lipinski definition) is 1. The molecule has 0 aliphatic carbocycles. The maximum atomic E-state index is 11.5. The first kappa shape index (κ1) is 13.2. The van der Waals surface area contributed by atoms with Gasteiger partial charge < -0.3 is 4.74 Å². The van der Waals surface area contributed by atoms with Crippen molar-refractivity contribution in [2.24, 2.45) is 5.92 Å². The van der Waals surface area contributed by atoms with Crippen LogP contribution in [0.4, 0.5) is 0 Å². The normalized spacial score (nSPS) is 39.7. The minimum absolute atomic E-state index is 0. The van der Waals surface area contributed by atoms with Crippen molar-refractivity contribution >= 4 is 22.2 Å². The Balaban J connectivity index is 0.00000112. The van der Waals surface area contributed by atoms with Crippen molar-refractivity contribution in [2.75, 3.05) is 24.7 Å². The minimum atomic E-state index is -2.83. The van der Waals surface area contributed by atoms with Crippen LogP contribution in [0.1, 0.15) is 19.8 Å². The summed E-state index contributed by atoms with van der Waals surface area (Å²) in [7, 11) is -2.83. The third-order valence-corrected chi connectivity index (χ3v) is 5.04. The van der Waals surface area contributed by atoms with Gasteiger partial charge in [-0.15, -0.1) is 12.4 Å². The number of halogens is 1. The largest absolute Gasteiger partial charge is 0.359 e. The molecule has 0 amide bonds. The zero-order valence-corrected chi connectivity index (χ0v) is 10.5. The van der Waals surface area contributed by atoms with E-state index in [9.17, 15) is 8.42 Å². The maximum absolute atomic E-state index is 11.5. The van der Waals surface area contributed by atoms with Gasteiger partial charge in [0.05, 0.1) is 18.1 Å². The Kier molecular flexibility index (Phi) is 4.03. The molecule has 0 aromatic heterocycles. The molecule has 2 aliphatic heterocycles. The average molecular weight is 256 g/mol. The highest BCUT2D eigenvalue weighted by molar-refractivity contribution is 7.91. The summed E-state index contributed by atoms with van der Waals surface area (Å²) in [5.74, 6) is 0.736. The second-order valence-electron chi connectivity index (χ2n) is 4.34. The van der Waals surface area contributed by atoms with Gasteiger partial charge in [0, 0.05) is 12.5 Å². The van der Waals surface area contributed by atoms with E-state index in [2.05, 4.69) is 5.32 Å². The van der Waals surface area contributed by atoms with Crippen LogP contribution in [0.15, 0.2) is 0 Å². The lowest BCUT2D eigenvalue weighted by Crippen LogP contribution is -2.49. The molecule has 0 saturated carbocycles. The molecule has 2 rings (SSSR count). The lowest BCUT2D eigenvalue weighted by molar-refractivity contribution is -0.0397. The topological polar surface area (TPSA) is 55.4 Å². The molecule has 2 fully saturated rings. The Hall–Kier alpha value is 0.160. The van der Waals surface area contributed by atoms with Crippen molar-refractivity contribution in [3.8, 4) is 0 Å². The van der Waals surface area contributed by atoms with Crippen LogP contribution in [0.25, 0.3) is 0 Å². The van der Waals surface area contributed by atoms with E-state index < -0.39 is 15.6 Å². The standard InChI is InChI=1S/C9H17NO3S.ClH/c1-9(10-4-5-13-9)8-3-2-6-14(11,12)7-8;/h8,10H,2-7H2,1H3;1H. The van der Waals surface area contributed by atoms with Gasteiger partial charge in [-0.05, 0) is 19.8 Å². The van der Waals surface area contributed by atoms with Crippen LogP contribution in [0, 0.1) is 5.92 Å². The molecule has 6 heteroatoms. The first-order valence-electron chi connectivity index (χ1n) is 5.11. The van der Waals surface area contributed by atoms with Crippen LogP contribution in [-0.4, -0.2) is 38.8 Å². The summed E-state index contributed by atoms with van der Waals surface area (Å²) in [6, 6.07) is 0. The van der Waals surface area contributed by atoms with E-state index in [1.807, 2.05) is 6.92 Å². The van der Waals surface area contributed by atoms with Gasteiger partial charge in [-0.1, -0.05) is 0 Å². The zero-order chi connectivity index (χ0) is 10.2. The number of nitrogens with one attached hydrogen (secondary N) is 1. The van der Waals surface area contributed by atoms with Crippen LogP contribution in [-0.2, 0) is 14.6 Å². The first-order chi connectivity index (χ1) is 6.52. The quantitative estimate of drug-likeness (QED) is 0.744. The van der Waals surface area contributed by atoms with Crippen LogP contribution in [0.5, 0.6) is 0 Å². The van der Waals surface area contributed by atoms with E-state index in [0.29, 0.717) is 12.4 Å². The highest BCUT2D eigenvalue weighted by Gasteiger charge is 2.41. The van der Waals surface area contributed by atoms with Crippen LogP contribution < -0.4 is 5.32 Å². The number of rotatable bonds is 1.